The predicted molar refractivity (Wildman–Crippen MR) is 87.7 cm³/mol. The Morgan fingerprint density at radius 2 is 1.83 bits per heavy atom. The van der Waals surface area contributed by atoms with E-state index < -0.39 is 5.60 Å². The minimum absolute atomic E-state index is 0.0160. The quantitative estimate of drug-likeness (QED) is 0.696. The first-order valence-electron chi connectivity index (χ1n) is 9.21. The molecule has 3 heteroatoms. The lowest BCUT2D eigenvalue weighted by atomic mass is 9.42. The molecule has 0 radical (unpaired) electrons. The molecule has 0 aromatic carbocycles. The third-order valence-electron chi connectivity index (χ3n) is 8.29. The van der Waals surface area contributed by atoms with Gasteiger partial charge >= 0.3 is 0 Å². The SMILES string of the molecule is C=C1C(=O)[C@@H]2[C@@H](CC[C@]3(C)CCC[C@@H]23)[C@@]2(C)CCC(=O)CC12O. The molecule has 0 heterocycles. The normalized spacial score (nSPS) is 52.8. The first-order chi connectivity index (χ1) is 10.7. The molecule has 23 heavy (non-hydrogen) atoms. The van der Waals surface area contributed by atoms with Crippen molar-refractivity contribution in [3.8, 4) is 0 Å². The highest BCUT2D eigenvalue weighted by atomic mass is 16.3. The molecule has 0 spiro atoms. The number of hydrogen-bond donors (Lipinski definition) is 1. The van der Waals surface area contributed by atoms with Crippen LogP contribution in [0.3, 0.4) is 0 Å². The maximum atomic E-state index is 13.2. The van der Waals surface area contributed by atoms with E-state index in [0.29, 0.717) is 24.3 Å². The number of fused-ring (bicyclic) bond motifs is 5. The Bertz CT molecular complexity index is 608. The topological polar surface area (TPSA) is 54.4 Å². The number of carbonyl (C=O) groups excluding carboxylic acids is 2. The molecule has 6 atom stereocenters. The van der Waals surface area contributed by atoms with Crippen molar-refractivity contribution in [2.45, 2.75) is 70.8 Å². The van der Waals surface area contributed by atoms with Crippen LogP contribution in [-0.4, -0.2) is 22.3 Å². The number of Topliss-reactive ketones (excluding diaryl/α,β-unsaturated/α-hetero) is 2. The van der Waals surface area contributed by atoms with Gasteiger partial charge in [-0.25, -0.2) is 0 Å². The van der Waals surface area contributed by atoms with Crippen LogP contribution in [0.25, 0.3) is 0 Å². The third-order valence-corrected chi connectivity index (χ3v) is 8.29. The molecule has 4 fully saturated rings. The Kier molecular flexibility index (Phi) is 3.09. The van der Waals surface area contributed by atoms with E-state index in [1.165, 1.54) is 12.8 Å². The van der Waals surface area contributed by atoms with Crippen LogP contribution < -0.4 is 0 Å². The lowest BCUT2D eigenvalue weighted by molar-refractivity contribution is -0.181. The lowest BCUT2D eigenvalue weighted by Crippen LogP contribution is -2.66. The third kappa shape index (κ3) is 1.75. The summed E-state index contributed by atoms with van der Waals surface area (Å²) in [5.41, 5.74) is -1.08. The Labute approximate surface area is 138 Å². The Morgan fingerprint density at radius 1 is 1.09 bits per heavy atom. The van der Waals surface area contributed by atoms with Crippen molar-refractivity contribution < 1.29 is 14.7 Å². The van der Waals surface area contributed by atoms with Gasteiger partial charge in [-0.05, 0) is 49.4 Å². The van der Waals surface area contributed by atoms with Gasteiger partial charge in [-0.2, -0.15) is 0 Å². The monoisotopic (exact) mass is 316 g/mol. The molecule has 4 rings (SSSR count). The van der Waals surface area contributed by atoms with E-state index in [-0.39, 0.29) is 40.7 Å². The van der Waals surface area contributed by atoms with Crippen molar-refractivity contribution >= 4 is 11.6 Å². The summed E-state index contributed by atoms with van der Waals surface area (Å²) >= 11 is 0. The molecular weight excluding hydrogens is 288 g/mol. The summed E-state index contributed by atoms with van der Waals surface area (Å²) in [4.78, 5) is 25.2. The van der Waals surface area contributed by atoms with E-state index in [1.807, 2.05) is 0 Å². The van der Waals surface area contributed by atoms with E-state index in [9.17, 15) is 14.7 Å². The molecule has 1 N–H and O–H groups in total. The average molecular weight is 316 g/mol. The largest absolute Gasteiger partial charge is 0.384 e. The van der Waals surface area contributed by atoms with Crippen LogP contribution in [0.1, 0.15) is 65.2 Å². The van der Waals surface area contributed by atoms with E-state index in [0.717, 1.165) is 19.3 Å². The number of hydrogen-bond acceptors (Lipinski definition) is 3. The van der Waals surface area contributed by atoms with Crippen LogP contribution in [-0.2, 0) is 9.59 Å². The van der Waals surface area contributed by atoms with Gasteiger partial charge in [0.05, 0.1) is 0 Å². The zero-order valence-electron chi connectivity index (χ0n) is 14.4. The van der Waals surface area contributed by atoms with Crippen LogP contribution in [0.2, 0.25) is 0 Å². The van der Waals surface area contributed by atoms with Gasteiger partial charge in [0.25, 0.3) is 0 Å². The first kappa shape index (κ1) is 15.6. The summed E-state index contributed by atoms with van der Waals surface area (Å²) in [5, 5.41) is 11.4. The molecule has 1 unspecified atom stereocenters. The highest BCUT2D eigenvalue weighted by molar-refractivity contribution is 6.02. The first-order valence-corrected chi connectivity index (χ1v) is 9.21. The maximum Gasteiger partial charge on any atom is 0.164 e. The van der Waals surface area contributed by atoms with Crippen LogP contribution in [0.4, 0.5) is 0 Å². The number of rotatable bonds is 0. The predicted octanol–water partition coefficient (Wildman–Crippen LogP) is 3.45. The molecule has 0 aromatic heterocycles. The van der Waals surface area contributed by atoms with Gasteiger partial charge in [0, 0.05) is 29.7 Å². The van der Waals surface area contributed by atoms with E-state index >= 15 is 0 Å². The van der Waals surface area contributed by atoms with Crippen LogP contribution in [0.5, 0.6) is 0 Å². The fourth-order valence-corrected chi connectivity index (χ4v) is 6.74. The Morgan fingerprint density at radius 3 is 2.57 bits per heavy atom. The van der Waals surface area contributed by atoms with E-state index in [4.69, 9.17) is 0 Å². The zero-order valence-corrected chi connectivity index (χ0v) is 14.4. The summed E-state index contributed by atoms with van der Waals surface area (Å²) in [6, 6.07) is 0. The van der Waals surface area contributed by atoms with Crippen molar-refractivity contribution in [1.29, 1.82) is 0 Å². The van der Waals surface area contributed by atoms with Crippen molar-refractivity contribution in [2.75, 3.05) is 0 Å². The number of aliphatic hydroxyl groups is 1. The Hall–Kier alpha value is -0.960. The molecule has 4 saturated carbocycles. The van der Waals surface area contributed by atoms with E-state index in [1.54, 1.807) is 0 Å². The molecule has 0 bridgehead atoms. The lowest BCUT2D eigenvalue weighted by Gasteiger charge is -2.62. The van der Waals surface area contributed by atoms with Crippen molar-refractivity contribution in [2.24, 2.45) is 28.6 Å². The van der Waals surface area contributed by atoms with Crippen molar-refractivity contribution in [3.05, 3.63) is 12.2 Å². The zero-order chi connectivity index (χ0) is 16.6. The fourth-order valence-electron chi connectivity index (χ4n) is 6.74. The molecule has 0 amide bonds. The number of ketones is 2. The minimum atomic E-state index is -1.31. The molecule has 0 aromatic rings. The fraction of sp³-hybridized carbons (Fsp3) is 0.800. The van der Waals surface area contributed by atoms with E-state index in [2.05, 4.69) is 20.4 Å². The molecule has 0 aliphatic heterocycles. The summed E-state index contributed by atoms with van der Waals surface area (Å²) < 4.78 is 0. The standard InChI is InChI=1S/C20H28O3/c1-12-17(22)16-14-5-4-8-18(14,2)9-7-15(16)19(3)10-6-13(21)11-20(12,19)23/h14-16,23H,1,4-11H2,2-3H3/t14-,15+,16-,18-,19+,20?/m0/s1. The molecule has 3 nitrogen and oxygen atoms in total. The minimum Gasteiger partial charge on any atom is -0.384 e. The second kappa shape index (κ2) is 4.56. The van der Waals surface area contributed by atoms with Crippen LogP contribution in [0, 0.1) is 28.6 Å². The van der Waals surface area contributed by atoms with Crippen molar-refractivity contribution in [1.82, 2.24) is 0 Å². The second-order valence-corrected chi connectivity index (χ2v) is 9.16. The smallest absolute Gasteiger partial charge is 0.164 e. The van der Waals surface area contributed by atoms with Gasteiger partial charge < -0.3 is 5.11 Å². The maximum absolute atomic E-state index is 13.2. The van der Waals surface area contributed by atoms with Gasteiger partial charge in [-0.15, -0.1) is 0 Å². The average Bonchev–Trinajstić information content (AvgIpc) is 2.89. The molecule has 0 saturated heterocycles. The highest BCUT2D eigenvalue weighted by Crippen LogP contribution is 2.66. The molecular formula is C20H28O3. The number of carbonyl (C=O) groups is 2. The molecule has 126 valence electrons. The molecule has 4 aliphatic carbocycles. The second-order valence-electron chi connectivity index (χ2n) is 9.16. The van der Waals surface area contributed by atoms with Crippen LogP contribution >= 0.6 is 0 Å². The highest BCUT2D eigenvalue weighted by Gasteiger charge is 2.67. The molecule has 4 aliphatic rings. The van der Waals surface area contributed by atoms with Gasteiger partial charge in [0.1, 0.15) is 11.4 Å². The van der Waals surface area contributed by atoms with Gasteiger partial charge in [0.2, 0.25) is 0 Å². The summed E-state index contributed by atoms with van der Waals surface area (Å²) in [7, 11) is 0. The van der Waals surface area contributed by atoms with Gasteiger partial charge in [0.15, 0.2) is 5.78 Å². The summed E-state index contributed by atoms with van der Waals surface area (Å²) in [6.07, 6.45) is 7.03. The van der Waals surface area contributed by atoms with Gasteiger partial charge in [-0.1, -0.05) is 26.8 Å². The van der Waals surface area contributed by atoms with Gasteiger partial charge in [-0.3, -0.25) is 9.59 Å². The summed E-state index contributed by atoms with van der Waals surface area (Å²) in [5.74, 6) is 0.780. The van der Waals surface area contributed by atoms with Crippen molar-refractivity contribution in [3.63, 3.8) is 0 Å². The Balaban J connectivity index is 1.81. The van der Waals surface area contributed by atoms with Crippen LogP contribution in [0.15, 0.2) is 12.2 Å². The summed E-state index contributed by atoms with van der Waals surface area (Å²) in [6.45, 7) is 8.48.